The van der Waals surface area contributed by atoms with Crippen LogP contribution in [0.25, 0.3) is 11.1 Å². The number of amides is 2. The van der Waals surface area contributed by atoms with E-state index in [2.05, 4.69) is 40.9 Å². The Morgan fingerprint density at radius 2 is 1.53 bits per heavy atom. The second-order valence-corrected chi connectivity index (χ2v) is 12.9. The smallest absolute Gasteiger partial charge is 0.323 e. The normalized spacial score (nSPS) is 15.8. The number of pyridine rings is 1. The standard InChI is InChI=1S/C37H39F4N9O3/c1-3-33(24(2)51)45-35(52)44-28-8-12-30(13-9-28)49-18-16-48(17-19-49)29-10-4-25(5-11-29)26-6-15-34(42-21-26)37(40,41)36(53,22-50-23-43-46-47-50)31-14-7-27(38)20-32(31)39/h4-15,20-21,23-24,33,51,53H,3,16-19,22H2,1-2H3,(H2,44,45,52)/t24-,33-,36?/m0/s1. The third-order valence-corrected chi connectivity index (χ3v) is 9.44. The summed E-state index contributed by atoms with van der Waals surface area (Å²) in [5.41, 5.74) is -0.962. The van der Waals surface area contributed by atoms with Gasteiger partial charge in [-0.2, -0.15) is 8.78 Å². The first-order valence-electron chi connectivity index (χ1n) is 17.1. The van der Waals surface area contributed by atoms with Gasteiger partial charge in [-0.25, -0.2) is 18.3 Å². The van der Waals surface area contributed by atoms with Gasteiger partial charge in [0.15, 0.2) is 5.60 Å². The lowest BCUT2D eigenvalue weighted by Crippen LogP contribution is -2.48. The molecule has 1 unspecified atom stereocenters. The van der Waals surface area contributed by atoms with Crippen LogP contribution in [0.15, 0.2) is 91.4 Å². The predicted octanol–water partition coefficient (Wildman–Crippen LogP) is 5.30. The van der Waals surface area contributed by atoms with Crippen molar-refractivity contribution in [2.45, 2.75) is 50.5 Å². The molecule has 16 heteroatoms. The number of piperazine rings is 1. The Kier molecular flexibility index (Phi) is 10.9. The quantitative estimate of drug-likeness (QED) is 0.126. The third kappa shape index (κ3) is 8.08. The van der Waals surface area contributed by atoms with E-state index in [1.54, 1.807) is 6.92 Å². The summed E-state index contributed by atoms with van der Waals surface area (Å²) in [6.45, 7) is 5.64. The molecule has 3 heterocycles. The molecular formula is C37H39F4N9O3. The van der Waals surface area contributed by atoms with E-state index in [1.807, 2.05) is 55.5 Å². The molecule has 12 nitrogen and oxygen atoms in total. The molecule has 2 amide bonds. The topological polar surface area (TPSA) is 145 Å². The van der Waals surface area contributed by atoms with Crippen molar-refractivity contribution in [2.75, 3.05) is 41.3 Å². The highest BCUT2D eigenvalue weighted by atomic mass is 19.3. The molecule has 0 spiro atoms. The maximum atomic E-state index is 16.1. The summed E-state index contributed by atoms with van der Waals surface area (Å²) in [4.78, 5) is 20.8. The van der Waals surface area contributed by atoms with E-state index in [0.29, 0.717) is 23.7 Å². The lowest BCUT2D eigenvalue weighted by atomic mass is 9.84. The number of rotatable bonds is 12. The number of benzene rings is 3. The number of urea groups is 1. The molecule has 0 bridgehead atoms. The van der Waals surface area contributed by atoms with Gasteiger partial charge < -0.3 is 30.6 Å². The molecule has 1 aliphatic heterocycles. The van der Waals surface area contributed by atoms with Gasteiger partial charge in [0.1, 0.15) is 23.7 Å². The molecule has 1 fully saturated rings. The Hall–Kier alpha value is -5.61. The van der Waals surface area contributed by atoms with Crippen molar-refractivity contribution < 1.29 is 32.6 Å². The first kappa shape index (κ1) is 37.2. The molecule has 53 heavy (non-hydrogen) atoms. The van der Waals surface area contributed by atoms with Crippen LogP contribution in [0.4, 0.5) is 39.4 Å². The van der Waals surface area contributed by atoms with Crippen LogP contribution < -0.4 is 20.4 Å². The van der Waals surface area contributed by atoms with Gasteiger partial charge in [0.2, 0.25) is 0 Å². The van der Waals surface area contributed by atoms with E-state index in [4.69, 9.17) is 0 Å². The first-order chi connectivity index (χ1) is 25.4. The highest BCUT2D eigenvalue weighted by Crippen LogP contribution is 2.47. The van der Waals surface area contributed by atoms with Gasteiger partial charge in [-0.3, -0.25) is 4.98 Å². The Bertz CT molecular complexity index is 1970. The van der Waals surface area contributed by atoms with E-state index in [1.165, 1.54) is 12.3 Å². The number of aromatic nitrogens is 5. The highest BCUT2D eigenvalue weighted by molar-refractivity contribution is 5.89. The minimum absolute atomic E-state index is 0.332. The Morgan fingerprint density at radius 1 is 0.906 bits per heavy atom. The number of carbonyl (C=O) groups is 1. The molecule has 2 aromatic heterocycles. The minimum atomic E-state index is -4.16. The Labute approximate surface area is 303 Å². The SMILES string of the molecule is CC[C@H](NC(=O)Nc1ccc(N2CCN(c3ccc(-c4ccc(C(F)(F)C(O)(Cn5cnnn5)c5ccc(F)cc5F)nc4)cc3)CC2)cc1)[C@H](C)O. The number of aliphatic hydroxyl groups is 2. The van der Waals surface area contributed by atoms with Crippen molar-refractivity contribution in [1.29, 1.82) is 0 Å². The number of hydrogen-bond donors (Lipinski definition) is 4. The highest BCUT2D eigenvalue weighted by Gasteiger charge is 2.58. The summed E-state index contributed by atoms with van der Waals surface area (Å²) in [5.74, 6) is -6.51. The molecule has 0 saturated carbocycles. The minimum Gasteiger partial charge on any atom is -0.391 e. The maximum absolute atomic E-state index is 16.1. The average Bonchev–Trinajstić information content (AvgIpc) is 3.67. The number of tetrazole rings is 1. The summed E-state index contributed by atoms with van der Waals surface area (Å²) in [5, 5.41) is 37.1. The van der Waals surface area contributed by atoms with Crippen molar-refractivity contribution in [2.24, 2.45) is 0 Å². The van der Waals surface area contributed by atoms with Crippen LogP contribution >= 0.6 is 0 Å². The summed E-state index contributed by atoms with van der Waals surface area (Å²) in [6, 6.07) is 19.0. The lowest BCUT2D eigenvalue weighted by Gasteiger charge is -2.37. The zero-order valence-corrected chi connectivity index (χ0v) is 29.0. The molecule has 1 saturated heterocycles. The zero-order chi connectivity index (χ0) is 37.8. The number of hydrogen-bond acceptors (Lipinski definition) is 9. The number of carbonyl (C=O) groups excluding carboxylic acids is 1. The van der Waals surface area contributed by atoms with Crippen LogP contribution in [0.3, 0.4) is 0 Å². The molecule has 0 radical (unpaired) electrons. The summed E-state index contributed by atoms with van der Waals surface area (Å²) >= 11 is 0. The molecule has 5 aromatic rings. The number of halogens is 4. The monoisotopic (exact) mass is 733 g/mol. The largest absolute Gasteiger partial charge is 0.391 e. The Balaban J connectivity index is 1.08. The molecule has 0 aliphatic carbocycles. The Morgan fingerprint density at radius 3 is 2.06 bits per heavy atom. The van der Waals surface area contributed by atoms with Crippen molar-refractivity contribution in [3.8, 4) is 11.1 Å². The number of anilines is 3. The van der Waals surface area contributed by atoms with Gasteiger partial charge in [0, 0.05) is 66.6 Å². The summed E-state index contributed by atoms with van der Waals surface area (Å²) in [7, 11) is 0. The van der Waals surface area contributed by atoms with Crippen LogP contribution in [-0.2, 0) is 18.1 Å². The molecule has 6 rings (SSSR count). The van der Waals surface area contributed by atoms with E-state index in [9.17, 15) is 23.8 Å². The first-order valence-corrected chi connectivity index (χ1v) is 17.1. The number of alkyl halides is 2. The summed E-state index contributed by atoms with van der Waals surface area (Å²) in [6.07, 6.45) is 2.20. The average molecular weight is 734 g/mol. The van der Waals surface area contributed by atoms with Gasteiger partial charge in [0.25, 0.3) is 0 Å². The number of nitrogens with one attached hydrogen (secondary N) is 2. The lowest BCUT2D eigenvalue weighted by molar-refractivity contribution is -0.207. The molecular weight excluding hydrogens is 694 g/mol. The molecule has 278 valence electrons. The third-order valence-electron chi connectivity index (χ3n) is 9.44. The van der Waals surface area contributed by atoms with E-state index in [0.717, 1.165) is 72.3 Å². The van der Waals surface area contributed by atoms with Gasteiger partial charge in [-0.1, -0.05) is 25.1 Å². The van der Waals surface area contributed by atoms with Gasteiger partial charge in [-0.05, 0) is 83.9 Å². The van der Waals surface area contributed by atoms with Gasteiger partial charge in [0.05, 0.1) is 18.7 Å². The molecule has 3 aromatic carbocycles. The second-order valence-electron chi connectivity index (χ2n) is 12.9. The second kappa shape index (κ2) is 15.6. The molecule has 1 aliphatic rings. The van der Waals surface area contributed by atoms with E-state index >= 15 is 8.78 Å². The van der Waals surface area contributed by atoms with Crippen molar-refractivity contribution >= 4 is 23.1 Å². The summed E-state index contributed by atoms with van der Waals surface area (Å²) < 4.78 is 61.6. The number of aliphatic hydroxyl groups excluding tert-OH is 1. The maximum Gasteiger partial charge on any atom is 0.323 e. The fourth-order valence-electron chi connectivity index (χ4n) is 6.37. The van der Waals surface area contributed by atoms with Crippen molar-refractivity contribution in [3.63, 3.8) is 0 Å². The van der Waals surface area contributed by atoms with Crippen LogP contribution in [0, 0.1) is 11.6 Å². The van der Waals surface area contributed by atoms with Gasteiger partial charge in [-0.15, -0.1) is 5.10 Å². The van der Waals surface area contributed by atoms with Crippen molar-refractivity contribution in [1.82, 2.24) is 30.5 Å². The predicted molar refractivity (Wildman–Crippen MR) is 190 cm³/mol. The van der Waals surface area contributed by atoms with Crippen LogP contribution in [0.5, 0.6) is 0 Å². The van der Waals surface area contributed by atoms with Crippen LogP contribution in [0.2, 0.25) is 0 Å². The fraction of sp³-hybridized carbons (Fsp3) is 0.324. The van der Waals surface area contributed by atoms with Gasteiger partial charge >= 0.3 is 12.0 Å². The van der Waals surface area contributed by atoms with Crippen LogP contribution in [0.1, 0.15) is 31.5 Å². The van der Waals surface area contributed by atoms with Crippen LogP contribution in [-0.4, -0.2) is 79.8 Å². The molecule has 4 N–H and O–H groups in total. The van der Waals surface area contributed by atoms with Crippen molar-refractivity contribution in [3.05, 3.63) is 114 Å². The van der Waals surface area contributed by atoms with E-state index < -0.39 is 47.1 Å². The number of nitrogens with zero attached hydrogens (tertiary/aromatic N) is 7. The van der Waals surface area contributed by atoms with E-state index in [-0.39, 0.29) is 12.1 Å². The fourth-order valence-corrected chi connectivity index (χ4v) is 6.37. The molecule has 3 atom stereocenters. The zero-order valence-electron chi connectivity index (χ0n) is 29.0.